The average molecular weight is 306 g/mol. The Kier molecular flexibility index (Phi) is 5.42. The first-order valence-electron chi connectivity index (χ1n) is 6.95. The molecule has 1 aromatic carbocycles. The van der Waals surface area contributed by atoms with E-state index in [9.17, 15) is 22.7 Å². The van der Waals surface area contributed by atoms with Gasteiger partial charge in [-0.05, 0) is 41.9 Å². The number of rotatable bonds is 4. The van der Waals surface area contributed by atoms with Crippen molar-refractivity contribution >= 4 is 0 Å². The number of halogens is 4. The van der Waals surface area contributed by atoms with Crippen molar-refractivity contribution in [2.75, 3.05) is 0 Å². The molecule has 1 nitrogen and oxygen atoms in total. The normalized spacial score (nSPS) is 15.9. The van der Waals surface area contributed by atoms with Gasteiger partial charge >= 0.3 is 6.18 Å². The molecule has 2 atom stereocenters. The summed E-state index contributed by atoms with van der Waals surface area (Å²) in [6.45, 7) is 8.20. The molecule has 0 aliphatic carbocycles. The van der Waals surface area contributed by atoms with Crippen molar-refractivity contribution in [2.24, 2.45) is 11.3 Å². The summed E-state index contributed by atoms with van der Waals surface area (Å²) in [4.78, 5) is 0. The first-order valence-corrected chi connectivity index (χ1v) is 6.95. The zero-order valence-corrected chi connectivity index (χ0v) is 12.8. The molecule has 0 amide bonds. The van der Waals surface area contributed by atoms with Gasteiger partial charge in [0.15, 0.2) is 0 Å². The Labute approximate surface area is 123 Å². The van der Waals surface area contributed by atoms with E-state index < -0.39 is 23.7 Å². The summed E-state index contributed by atoms with van der Waals surface area (Å²) in [5, 5.41) is 10.1. The van der Waals surface area contributed by atoms with Gasteiger partial charge in [-0.15, -0.1) is 0 Å². The summed E-state index contributed by atoms with van der Waals surface area (Å²) >= 11 is 0. The quantitative estimate of drug-likeness (QED) is 0.744. The number of alkyl halides is 3. The molecule has 0 saturated heterocycles. The Hall–Kier alpha value is -1.10. The van der Waals surface area contributed by atoms with E-state index in [-0.39, 0.29) is 16.9 Å². The molecule has 0 bridgehead atoms. The van der Waals surface area contributed by atoms with Crippen LogP contribution in [0.25, 0.3) is 0 Å². The first kappa shape index (κ1) is 18.0. The third-order valence-electron chi connectivity index (χ3n) is 3.27. The van der Waals surface area contributed by atoms with Gasteiger partial charge in [-0.2, -0.15) is 13.2 Å². The van der Waals surface area contributed by atoms with E-state index in [0.717, 1.165) is 18.6 Å². The van der Waals surface area contributed by atoms with Crippen LogP contribution in [0.15, 0.2) is 18.2 Å². The lowest BCUT2D eigenvalue weighted by atomic mass is 9.82. The maximum absolute atomic E-state index is 13.5. The van der Waals surface area contributed by atoms with Gasteiger partial charge in [0.25, 0.3) is 0 Å². The predicted molar refractivity (Wildman–Crippen MR) is 74.2 cm³/mol. The van der Waals surface area contributed by atoms with Crippen LogP contribution in [0.2, 0.25) is 0 Å². The van der Waals surface area contributed by atoms with Crippen molar-refractivity contribution in [1.82, 2.24) is 0 Å². The summed E-state index contributed by atoms with van der Waals surface area (Å²) in [6, 6.07) is 2.60. The minimum absolute atomic E-state index is 0.102. The van der Waals surface area contributed by atoms with E-state index in [1.165, 1.54) is 0 Å². The maximum atomic E-state index is 13.5. The molecule has 0 spiro atoms. The number of benzene rings is 1. The van der Waals surface area contributed by atoms with Gasteiger partial charge in [-0.1, -0.05) is 33.8 Å². The zero-order chi connectivity index (χ0) is 16.4. The topological polar surface area (TPSA) is 20.2 Å². The predicted octanol–water partition coefficient (Wildman–Crippen LogP) is 5.34. The van der Waals surface area contributed by atoms with Crippen LogP contribution in [0.3, 0.4) is 0 Å². The second kappa shape index (κ2) is 6.34. The van der Waals surface area contributed by atoms with Crippen molar-refractivity contribution in [3.63, 3.8) is 0 Å². The van der Waals surface area contributed by atoms with E-state index in [1.807, 2.05) is 6.92 Å². The molecule has 21 heavy (non-hydrogen) atoms. The Balaban J connectivity index is 2.80. The SMILES string of the molecule is CC(CC(O)c1ccc(C(F)(F)F)c(F)c1)CC(C)(C)C. The van der Waals surface area contributed by atoms with E-state index in [2.05, 4.69) is 20.8 Å². The van der Waals surface area contributed by atoms with E-state index in [1.54, 1.807) is 0 Å². The second-order valence-electron chi connectivity index (χ2n) is 6.86. The maximum Gasteiger partial charge on any atom is 0.419 e. The molecule has 0 aromatic heterocycles. The highest BCUT2D eigenvalue weighted by molar-refractivity contribution is 5.27. The molecule has 1 N–H and O–H groups in total. The molecule has 2 unspecified atom stereocenters. The Morgan fingerprint density at radius 1 is 1.14 bits per heavy atom. The standard InChI is InChI=1S/C16H22F4O/c1-10(9-15(2,3)4)7-14(21)11-5-6-12(13(17)8-11)16(18,19)20/h5-6,8,10,14,21H,7,9H2,1-4H3. The fraction of sp³-hybridized carbons (Fsp3) is 0.625. The minimum atomic E-state index is -4.72. The van der Waals surface area contributed by atoms with Crippen LogP contribution in [-0.2, 0) is 6.18 Å². The molecule has 120 valence electrons. The van der Waals surface area contributed by atoms with Crippen molar-refractivity contribution in [1.29, 1.82) is 0 Å². The molecule has 1 rings (SSSR count). The summed E-state index contributed by atoms with van der Waals surface area (Å²) in [5.41, 5.74) is -1.02. The van der Waals surface area contributed by atoms with Crippen LogP contribution < -0.4 is 0 Å². The summed E-state index contributed by atoms with van der Waals surface area (Å²) in [7, 11) is 0. The van der Waals surface area contributed by atoms with Gasteiger partial charge in [-0.25, -0.2) is 4.39 Å². The Morgan fingerprint density at radius 2 is 1.71 bits per heavy atom. The second-order valence-corrected chi connectivity index (χ2v) is 6.86. The van der Waals surface area contributed by atoms with Crippen LogP contribution in [0.4, 0.5) is 17.6 Å². The molecular formula is C16H22F4O. The highest BCUT2D eigenvalue weighted by Gasteiger charge is 2.34. The van der Waals surface area contributed by atoms with Crippen LogP contribution in [0.1, 0.15) is 57.8 Å². The highest BCUT2D eigenvalue weighted by atomic mass is 19.4. The average Bonchev–Trinajstić information content (AvgIpc) is 2.23. The van der Waals surface area contributed by atoms with E-state index in [0.29, 0.717) is 12.5 Å². The molecule has 1 aromatic rings. The molecule has 0 aliphatic heterocycles. The van der Waals surface area contributed by atoms with Crippen molar-refractivity contribution < 1.29 is 22.7 Å². The van der Waals surface area contributed by atoms with Gasteiger partial charge < -0.3 is 5.11 Å². The van der Waals surface area contributed by atoms with Crippen LogP contribution in [-0.4, -0.2) is 5.11 Å². The lowest BCUT2D eigenvalue weighted by Gasteiger charge is -2.25. The highest BCUT2D eigenvalue weighted by Crippen LogP contribution is 2.34. The third kappa shape index (κ3) is 5.65. The van der Waals surface area contributed by atoms with Gasteiger partial charge in [-0.3, -0.25) is 0 Å². The van der Waals surface area contributed by atoms with Crippen LogP contribution in [0.5, 0.6) is 0 Å². The monoisotopic (exact) mass is 306 g/mol. The number of aliphatic hydroxyl groups is 1. The van der Waals surface area contributed by atoms with Gasteiger partial charge in [0, 0.05) is 0 Å². The van der Waals surface area contributed by atoms with E-state index in [4.69, 9.17) is 0 Å². The summed E-state index contributed by atoms with van der Waals surface area (Å²) < 4.78 is 50.9. The van der Waals surface area contributed by atoms with Gasteiger partial charge in [0.05, 0.1) is 11.7 Å². The van der Waals surface area contributed by atoms with Crippen molar-refractivity contribution in [3.05, 3.63) is 35.1 Å². The summed E-state index contributed by atoms with van der Waals surface area (Å²) in [5.74, 6) is -1.16. The number of hydrogen-bond acceptors (Lipinski definition) is 1. The molecule has 0 heterocycles. The van der Waals surface area contributed by atoms with Crippen molar-refractivity contribution in [2.45, 2.75) is 52.8 Å². The fourth-order valence-electron chi connectivity index (χ4n) is 2.61. The van der Waals surface area contributed by atoms with E-state index >= 15 is 0 Å². The molecule has 5 heteroatoms. The third-order valence-corrected chi connectivity index (χ3v) is 3.27. The van der Waals surface area contributed by atoms with Crippen LogP contribution in [0, 0.1) is 17.2 Å². The minimum Gasteiger partial charge on any atom is -0.388 e. The summed E-state index contributed by atoms with van der Waals surface area (Å²) in [6.07, 6.45) is -4.42. The zero-order valence-electron chi connectivity index (χ0n) is 12.8. The van der Waals surface area contributed by atoms with Gasteiger partial charge in [0.2, 0.25) is 0 Å². The fourth-order valence-corrected chi connectivity index (χ4v) is 2.61. The smallest absolute Gasteiger partial charge is 0.388 e. The van der Waals surface area contributed by atoms with Crippen LogP contribution >= 0.6 is 0 Å². The van der Waals surface area contributed by atoms with Crippen molar-refractivity contribution in [3.8, 4) is 0 Å². The van der Waals surface area contributed by atoms with Gasteiger partial charge in [0.1, 0.15) is 5.82 Å². The Bertz CT molecular complexity index is 474. The first-order chi connectivity index (χ1) is 9.40. The Morgan fingerprint density at radius 3 is 2.14 bits per heavy atom. The molecular weight excluding hydrogens is 284 g/mol. The molecule has 0 fully saturated rings. The molecule has 0 radical (unpaired) electrons. The molecule has 0 saturated carbocycles. The lowest BCUT2D eigenvalue weighted by molar-refractivity contribution is -0.140. The lowest BCUT2D eigenvalue weighted by Crippen LogP contribution is -2.14. The number of hydrogen-bond donors (Lipinski definition) is 1. The number of aliphatic hydroxyl groups excluding tert-OH is 1. The largest absolute Gasteiger partial charge is 0.419 e. The molecule has 0 aliphatic rings.